The Bertz CT molecular complexity index is 141. The summed E-state index contributed by atoms with van der Waals surface area (Å²) in [6, 6.07) is 0. The van der Waals surface area contributed by atoms with E-state index in [0.717, 1.165) is 6.42 Å². The minimum atomic E-state index is -0.314. The molecule has 0 heterocycles. The maximum absolute atomic E-state index is 9.49. The van der Waals surface area contributed by atoms with Crippen molar-refractivity contribution >= 4 is 15.9 Å². The minimum absolute atomic E-state index is 0.251. The Morgan fingerprint density at radius 3 is 2.50 bits per heavy atom. The van der Waals surface area contributed by atoms with Crippen LogP contribution in [0.15, 0.2) is 11.1 Å². The van der Waals surface area contributed by atoms with E-state index in [1.165, 1.54) is 12.8 Å². The van der Waals surface area contributed by atoms with Gasteiger partial charge in [0.2, 0.25) is 0 Å². The molecule has 0 radical (unpaired) electrons. The van der Waals surface area contributed by atoms with Gasteiger partial charge in [-0.2, -0.15) is 0 Å². The average Bonchev–Trinajstić information content (AvgIpc) is 1.85. The van der Waals surface area contributed by atoms with Gasteiger partial charge in [0.15, 0.2) is 0 Å². The predicted octanol–water partition coefficient (Wildman–Crippen LogP) is 3.47. The molecule has 1 nitrogen and oxygen atoms in total. The lowest BCUT2D eigenvalue weighted by molar-refractivity contribution is 0.146. The largest absolute Gasteiger partial charge is 0.389 e. The van der Waals surface area contributed by atoms with Crippen LogP contribution in [-0.4, -0.2) is 11.2 Å². The summed E-state index contributed by atoms with van der Waals surface area (Å²) in [6.07, 6.45) is 4.64. The summed E-state index contributed by atoms with van der Waals surface area (Å²) in [5, 5.41) is 9.49. The molecule has 1 unspecified atom stereocenters. The van der Waals surface area contributed by atoms with Crippen LogP contribution in [0.4, 0.5) is 0 Å². The summed E-state index contributed by atoms with van der Waals surface area (Å²) in [4.78, 5) is 1.72. The van der Waals surface area contributed by atoms with Gasteiger partial charge in [0.05, 0.1) is 6.10 Å². The highest BCUT2D eigenvalue weighted by molar-refractivity contribution is 9.11. The van der Waals surface area contributed by atoms with Gasteiger partial charge >= 0.3 is 0 Å². The molecule has 0 aromatic rings. The fourth-order valence-corrected chi connectivity index (χ4v) is 1.85. The molecular weight excluding hydrogens is 216 g/mol. The van der Waals surface area contributed by atoms with E-state index in [1.54, 1.807) is 11.1 Å². The van der Waals surface area contributed by atoms with Gasteiger partial charge in [-0.15, -0.1) is 0 Å². The lowest BCUT2D eigenvalue weighted by Crippen LogP contribution is -2.18. The molecule has 0 saturated heterocycles. The van der Waals surface area contributed by atoms with Crippen LogP contribution in [0, 0.1) is 5.41 Å². The zero-order valence-corrected chi connectivity index (χ0v) is 9.76. The van der Waals surface area contributed by atoms with Gasteiger partial charge in [0, 0.05) is 0 Å². The molecule has 1 atom stereocenters. The van der Waals surface area contributed by atoms with Gasteiger partial charge in [-0.3, -0.25) is 0 Å². The second-order valence-electron chi connectivity index (χ2n) is 4.00. The van der Waals surface area contributed by atoms with Gasteiger partial charge in [-0.05, 0) is 29.3 Å². The molecule has 0 saturated carbocycles. The van der Waals surface area contributed by atoms with Gasteiger partial charge < -0.3 is 5.11 Å². The predicted molar refractivity (Wildman–Crippen MR) is 57.4 cm³/mol. The summed E-state index contributed by atoms with van der Waals surface area (Å²) in [5.74, 6) is 0. The van der Waals surface area contributed by atoms with Crippen molar-refractivity contribution in [2.24, 2.45) is 5.41 Å². The standard InChI is InChI=1S/C10H19BrO/c1-4-6-10(2,3)8-9(12)5-7-11/h5,7,9,12H,4,6,8H2,1-3H3/b7-5+. The van der Waals surface area contributed by atoms with E-state index in [2.05, 4.69) is 36.7 Å². The first-order valence-corrected chi connectivity index (χ1v) is 5.38. The highest BCUT2D eigenvalue weighted by Gasteiger charge is 2.19. The number of rotatable bonds is 5. The van der Waals surface area contributed by atoms with Crippen LogP contribution in [0.25, 0.3) is 0 Å². The summed E-state index contributed by atoms with van der Waals surface area (Å²) in [5.41, 5.74) is 0.251. The molecule has 72 valence electrons. The third-order valence-corrected chi connectivity index (χ3v) is 2.29. The van der Waals surface area contributed by atoms with Crippen molar-refractivity contribution in [2.45, 2.75) is 46.1 Å². The molecule has 0 bridgehead atoms. The lowest BCUT2D eigenvalue weighted by Gasteiger charge is -2.25. The number of hydrogen-bond donors (Lipinski definition) is 1. The van der Waals surface area contributed by atoms with Gasteiger partial charge in [0.25, 0.3) is 0 Å². The maximum Gasteiger partial charge on any atom is 0.0734 e. The van der Waals surface area contributed by atoms with E-state index in [4.69, 9.17) is 0 Å². The van der Waals surface area contributed by atoms with Crippen molar-refractivity contribution in [1.82, 2.24) is 0 Å². The van der Waals surface area contributed by atoms with Gasteiger partial charge in [-0.25, -0.2) is 0 Å². The number of halogens is 1. The van der Waals surface area contributed by atoms with Crippen molar-refractivity contribution in [1.29, 1.82) is 0 Å². The SMILES string of the molecule is CCCC(C)(C)CC(O)/C=C/Br. The van der Waals surface area contributed by atoms with Crippen LogP contribution in [0.1, 0.15) is 40.0 Å². The highest BCUT2D eigenvalue weighted by atomic mass is 79.9. The zero-order valence-electron chi connectivity index (χ0n) is 8.18. The molecule has 0 amide bonds. The maximum atomic E-state index is 9.49. The zero-order chi connectivity index (χ0) is 9.61. The summed E-state index contributed by atoms with van der Waals surface area (Å²) in [6.45, 7) is 6.57. The van der Waals surface area contributed by atoms with Crippen LogP contribution < -0.4 is 0 Å². The molecule has 0 aliphatic carbocycles. The van der Waals surface area contributed by atoms with E-state index in [1.807, 2.05) is 0 Å². The molecule has 0 fully saturated rings. The molecule has 0 aromatic carbocycles. The Labute approximate surface area is 84.0 Å². The number of hydrogen-bond acceptors (Lipinski definition) is 1. The molecular formula is C10H19BrO. The summed E-state index contributed by atoms with van der Waals surface area (Å²) >= 11 is 3.16. The lowest BCUT2D eigenvalue weighted by atomic mass is 9.82. The van der Waals surface area contributed by atoms with E-state index in [9.17, 15) is 5.11 Å². The fraction of sp³-hybridized carbons (Fsp3) is 0.800. The monoisotopic (exact) mass is 234 g/mol. The Balaban J connectivity index is 3.87. The third-order valence-electron chi connectivity index (χ3n) is 1.98. The van der Waals surface area contributed by atoms with E-state index < -0.39 is 0 Å². The first kappa shape index (κ1) is 12.2. The normalized spacial score (nSPS) is 15.4. The Morgan fingerprint density at radius 1 is 1.50 bits per heavy atom. The second-order valence-corrected chi connectivity index (χ2v) is 4.53. The van der Waals surface area contributed by atoms with Crippen LogP contribution >= 0.6 is 15.9 Å². The van der Waals surface area contributed by atoms with Crippen molar-refractivity contribution in [3.8, 4) is 0 Å². The van der Waals surface area contributed by atoms with Gasteiger partial charge in [-0.1, -0.05) is 43.1 Å². The van der Waals surface area contributed by atoms with E-state index in [-0.39, 0.29) is 11.5 Å². The Kier molecular flexibility index (Phi) is 5.85. The first-order chi connectivity index (χ1) is 5.52. The van der Waals surface area contributed by atoms with Crippen molar-refractivity contribution in [3.05, 3.63) is 11.1 Å². The quantitative estimate of drug-likeness (QED) is 0.773. The van der Waals surface area contributed by atoms with Crippen LogP contribution in [0.2, 0.25) is 0 Å². The smallest absolute Gasteiger partial charge is 0.0734 e. The van der Waals surface area contributed by atoms with Crippen molar-refractivity contribution in [2.75, 3.05) is 0 Å². The topological polar surface area (TPSA) is 20.2 Å². The first-order valence-electron chi connectivity index (χ1n) is 4.47. The van der Waals surface area contributed by atoms with E-state index >= 15 is 0 Å². The summed E-state index contributed by atoms with van der Waals surface area (Å²) in [7, 11) is 0. The van der Waals surface area contributed by atoms with Crippen molar-refractivity contribution in [3.63, 3.8) is 0 Å². The molecule has 0 aromatic heterocycles. The van der Waals surface area contributed by atoms with E-state index in [0.29, 0.717) is 0 Å². The molecule has 1 N–H and O–H groups in total. The number of aliphatic hydroxyl groups is 1. The fourth-order valence-electron chi connectivity index (χ4n) is 1.50. The summed E-state index contributed by atoms with van der Waals surface area (Å²) < 4.78 is 0. The van der Waals surface area contributed by atoms with Crippen LogP contribution in [-0.2, 0) is 0 Å². The third kappa shape index (κ3) is 5.78. The molecule has 0 aliphatic rings. The highest BCUT2D eigenvalue weighted by Crippen LogP contribution is 2.28. The molecule has 0 spiro atoms. The van der Waals surface area contributed by atoms with Crippen LogP contribution in [0.3, 0.4) is 0 Å². The molecule has 0 aliphatic heterocycles. The average molecular weight is 235 g/mol. The van der Waals surface area contributed by atoms with Gasteiger partial charge in [0.1, 0.15) is 0 Å². The van der Waals surface area contributed by atoms with Crippen LogP contribution in [0.5, 0.6) is 0 Å². The van der Waals surface area contributed by atoms with Crippen molar-refractivity contribution < 1.29 is 5.11 Å². The number of aliphatic hydroxyl groups excluding tert-OH is 1. The minimum Gasteiger partial charge on any atom is -0.389 e. The second kappa shape index (κ2) is 5.76. The Morgan fingerprint density at radius 2 is 2.08 bits per heavy atom. The molecule has 0 rings (SSSR count). The molecule has 12 heavy (non-hydrogen) atoms. The Hall–Kier alpha value is 0.180. The molecule has 2 heteroatoms.